The van der Waals surface area contributed by atoms with Gasteiger partial charge in [-0.05, 0) is 43.7 Å². The highest BCUT2D eigenvalue weighted by Gasteiger charge is 2.27. The molecule has 1 aliphatic heterocycles. The molecule has 2 rings (SSSR count). The lowest BCUT2D eigenvalue weighted by molar-refractivity contribution is -0.00739. The fourth-order valence-electron chi connectivity index (χ4n) is 2.25. The second-order valence-electron chi connectivity index (χ2n) is 4.47. The van der Waals surface area contributed by atoms with Gasteiger partial charge in [-0.2, -0.15) is 0 Å². The molecule has 1 N–H and O–H groups in total. The normalized spacial score (nSPS) is 22.6. The molecule has 1 aliphatic rings. The first-order valence-corrected chi connectivity index (χ1v) is 7.66. The van der Waals surface area contributed by atoms with Crippen molar-refractivity contribution in [3.8, 4) is 0 Å². The highest BCUT2D eigenvalue weighted by molar-refractivity contribution is 7.10. The number of hydrogen-bond donors (Lipinski definition) is 1. The summed E-state index contributed by atoms with van der Waals surface area (Å²) >= 11 is 7.97. The lowest BCUT2D eigenvalue weighted by atomic mass is 10.0. The van der Waals surface area contributed by atoms with Crippen LogP contribution in [0.15, 0.2) is 11.4 Å². The van der Waals surface area contributed by atoms with Gasteiger partial charge in [0.1, 0.15) is 0 Å². The van der Waals surface area contributed by atoms with E-state index < -0.39 is 0 Å². The molecule has 0 aliphatic carbocycles. The molecule has 0 radical (unpaired) electrons. The van der Waals surface area contributed by atoms with Gasteiger partial charge in [0.05, 0.1) is 17.2 Å². The summed E-state index contributed by atoms with van der Waals surface area (Å²) in [5.41, 5.74) is 0. The summed E-state index contributed by atoms with van der Waals surface area (Å²) in [6.07, 6.45) is 5.00. The van der Waals surface area contributed by atoms with Gasteiger partial charge in [-0.3, -0.25) is 0 Å². The van der Waals surface area contributed by atoms with Crippen molar-refractivity contribution in [2.45, 2.75) is 44.8 Å². The van der Waals surface area contributed by atoms with E-state index in [0.29, 0.717) is 0 Å². The van der Waals surface area contributed by atoms with Crippen LogP contribution >= 0.6 is 22.9 Å². The smallest absolute Gasteiger partial charge is 0.0778 e. The Hall–Kier alpha value is -0.0900. The van der Waals surface area contributed by atoms with E-state index in [1.54, 1.807) is 11.3 Å². The average Bonchev–Trinajstić information content (AvgIpc) is 2.78. The van der Waals surface area contributed by atoms with Gasteiger partial charge in [-0.15, -0.1) is 11.3 Å². The minimum Gasteiger partial charge on any atom is -0.376 e. The number of ether oxygens (including phenoxy) is 1. The molecule has 2 unspecified atom stereocenters. The van der Waals surface area contributed by atoms with Crippen molar-refractivity contribution in [1.82, 2.24) is 5.32 Å². The Balaban J connectivity index is 2.09. The van der Waals surface area contributed by atoms with E-state index in [9.17, 15) is 0 Å². The van der Waals surface area contributed by atoms with Crippen LogP contribution in [0.5, 0.6) is 0 Å². The van der Waals surface area contributed by atoms with Crippen LogP contribution in [-0.2, 0) is 4.74 Å². The Morgan fingerprint density at radius 3 is 3.06 bits per heavy atom. The zero-order chi connectivity index (χ0) is 12.1. The summed E-state index contributed by atoms with van der Waals surface area (Å²) in [6, 6.07) is 2.24. The molecular weight excluding hydrogens is 254 g/mol. The van der Waals surface area contributed by atoms with Gasteiger partial charge in [-0.1, -0.05) is 18.5 Å². The molecule has 1 saturated heterocycles. The molecule has 0 saturated carbocycles. The molecule has 0 spiro atoms. The lowest BCUT2D eigenvalue weighted by Gasteiger charge is -2.31. The molecule has 17 heavy (non-hydrogen) atoms. The summed E-state index contributed by atoms with van der Waals surface area (Å²) in [6.45, 7) is 4.08. The molecule has 0 bridgehead atoms. The van der Waals surface area contributed by atoms with Crippen LogP contribution in [-0.4, -0.2) is 19.3 Å². The molecule has 96 valence electrons. The van der Waals surface area contributed by atoms with Crippen molar-refractivity contribution in [2.24, 2.45) is 0 Å². The minimum absolute atomic E-state index is 0.266. The van der Waals surface area contributed by atoms with E-state index in [0.717, 1.165) is 31.0 Å². The number of hydrogen-bond acceptors (Lipinski definition) is 3. The minimum atomic E-state index is 0.266. The van der Waals surface area contributed by atoms with E-state index in [2.05, 4.69) is 17.6 Å². The Morgan fingerprint density at radius 1 is 1.59 bits per heavy atom. The van der Waals surface area contributed by atoms with E-state index in [1.165, 1.54) is 17.7 Å². The van der Waals surface area contributed by atoms with Crippen LogP contribution in [0.2, 0.25) is 5.02 Å². The zero-order valence-corrected chi connectivity index (χ0v) is 11.8. The molecular formula is C13H20ClNOS. The molecule has 2 nitrogen and oxygen atoms in total. The predicted molar refractivity (Wildman–Crippen MR) is 74.0 cm³/mol. The largest absolute Gasteiger partial charge is 0.376 e. The van der Waals surface area contributed by atoms with Crippen LogP contribution < -0.4 is 5.32 Å². The Bertz CT molecular complexity index is 336. The standard InChI is InChI=1S/C13H20ClNOS/c1-2-7-15-12(11-5-3-4-8-16-11)13-10(14)6-9-17-13/h6,9,11-12,15H,2-5,7-8H2,1H3. The Kier molecular flexibility index (Phi) is 5.29. The first-order valence-electron chi connectivity index (χ1n) is 6.40. The van der Waals surface area contributed by atoms with Gasteiger partial charge in [0.15, 0.2) is 0 Å². The third kappa shape index (κ3) is 3.44. The van der Waals surface area contributed by atoms with Gasteiger partial charge in [-0.25, -0.2) is 0 Å². The molecule has 1 aromatic rings. The van der Waals surface area contributed by atoms with Crippen LogP contribution in [0.25, 0.3) is 0 Å². The highest BCUT2D eigenvalue weighted by Crippen LogP contribution is 2.34. The maximum absolute atomic E-state index is 6.25. The van der Waals surface area contributed by atoms with E-state index in [4.69, 9.17) is 16.3 Å². The van der Waals surface area contributed by atoms with Crippen molar-refractivity contribution in [3.05, 3.63) is 21.3 Å². The molecule has 1 fully saturated rings. The van der Waals surface area contributed by atoms with Crippen LogP contribution in [0.4, 0.5) is 0 Å². The number of rotatable bonds is 5. The maximum atomic E-state index is 6.25. The Labute approximate surface area is 112 Å². The second-order valence-corrected chi connectivity index (χ2v) is 5.82. The molecule has 2 atom stereocenters. The molecule has 0 aromatic carbocycles. The van der Waals surface area contributed by atoms with Crippen LogP contribution in [0.3, 0.4) is 0 Å². The molecule has 2 heterocycles. The number of thiophene rings is 1. The van der Waals surface area contributed by atoms with Crippen molar-refractivity contribution in [2.75, 3.05) is 13.2 Å². The lowest BCUT2D eigenvalue weighted by Crippen LogP contribution is -2.36. The fourth-order valence-corrected chi connectivity index (χ4v) is 3.55. The van der Waals surface area contributed by atoms with E-state index in [-0.39, 0.29) is 12.1 Å². The first kappa shape index (κ1) is 13.3. The van der Waals surface area contributed by atoms with Crippen molar-refractivity contribution < 1.29 is 4.74 Å². The number of nitrogens with one attached hydrogen (secondary N) is 1. The number of halogens is 1. The summed E-state index contributed by atoms with van der Waals surface area (Å²) in [4.78, 5) is 1.23. The van der Waals surface area contributed by atoms with Crippen LogP contribution in [0, 0.1) is 0 Å². The summed E-state index contributed by atoms with van der Waals surface area (Å²) < 4.78 is 5.90. The highest BCUT2D eigenvalue weighted by atomic mass is 35.5. The second kappa shape index (κ2) is 6.74. The maximum Gasteiger partial charge on any atom is 0.0778 e. The first-order chi connectivity index (χ1) is 8.33. The monoisotopic (exact) mass is 273 g/mol. The van der Waals surface area contributed by atoms with Crippen molar-refractivity contribution >= 4 is 22.9 Å². The molecule has 4 heteroatoms. The third-order valence-electron chi connectivity index (χ3n) is 3.13. The van der Waals surface area contributed by atoms with Crippen molar-refractivity contribution in [1.29, 1.82) is 0 Å². The predicted octanol–water partition coefficient (Wildman–Crippen LogP) is 4.01. The zero-order valence-electron chi connectivity index (χ0n) is 10.2. The van der Waals surface area contributed by atoms with E-state index >= 15 is 0 Å². The summed E-state index contributed by atoms with van der Waals surface area (Å²) in [7, 11) is 0. The van der Waals surface area contributed by atoms with Crippen LogP contribution in [0.1, 0.15) is 43.5 Å². The van der Waals surface area contributed by atoms with Gasteiger partial charge in [0, 0.05) is 11.5 Å². The average molecular weight is 274 g/mol. The summed E-state index contributed by atoms with van der Waals surface area (Å²) in [5, 5.41) is 6.51. The van der Waals surface area contributed by atoms with Crippen molar-refractivity contribution in [3.63, 3.8) is 0 Å². The summed E-state index contributed by atoms with van der Waals surface area (Å²) in [5.74, 6) is 0. The Morgan fingerprint density at radius 2 is 2.47 bits per heavy atom. The third-order valence-corrected chi connectivity index (χ3v) is 4.57. The van der Waals surface area contributed by atoms with Gasteiger partial charge >= 0.3 is 0 Å². The molecule has 0 amide bonds. The van der Waals surface area contributed by atoms with Gasteiger partial charge in [0.2, 0.25) is 0 Å². The van der Waals surface area contributed by atoms with Gasteiger partial charge < -0.3 is 10.1 Å². The van der Waals surface area contributed by atoms with Gasteiger partial charge in [0.25, 0.3) is 0 Å². The quantitative estimate of drug-likeness (QED) is 0.875. The topological polar surface area (TPSA) is 21.3 Å². The fraction of sp³-hybridized carbons (Fsp3) is 0.692. The molecule has 1 aromatic heterocycles. The van der Waals surface area contributed by atoms with E-state index in [1.807, 2.05) is 6.07 Å². The SMILES string of the molecule is CCCNC(c1sccc1Cl)C1CCCCO1.